The zero-order valence-corrected chi connectivity index (χ0v) is 14.8. The van der Waals surface area contributed by atoms with Crippen LogP contribution in [0.15, 0.2) is 41.0 Å². The number of hydrogen-bond acceptors (Lipinski definition) is 4. The predicted octanol–water partition coefficient (Wildman–Crippen LogP) is 2.35. The summed E-state index contributed by atoms with van der Waals surface area (Å²) < 4.78 is 31.4. The number of carbonyl (C=O) groups is 1. The molecule has 6 nitrogen and oxygen atoms in total. The fourth-order valence-corrected chi connectivity index (χ4v) is 3.70. The lowest BCUT2D eigenvalue weighted by Gasteiger charge is -2.10. The minimum atomic E-state index is -3.34. The summed E-state index contributed by atoms with van der Waals surface area (Å²) in [4.78, 5) is 12.0. The van der Waals surface area contributed by atoms with Crippen LogP contribution in [-0.4, -0.2) is 20.4 Å². The molecular formula is C17H22N2O4S. The van der Waals surface area contributed by atoms with Crippen molar-refractivity contribution < 1.29 is 17.6 Å². The van der Waals surface area contributed by atoms with Crippen molar-refractivity contribution in [2.24, 2.45) is 0 Å². The molecule has 0 saturated heterocycles. The number of sulfonamides is 1. The standard InChI is InChI=1S/C17H22N2O4S/c1-12(2)19-24(21,22)11-15-6-4-14(5-7-15)10-18-17(20)16-8-9-23-13(16)3/h4-9,12,19H,10-11H2,1-3H3,(H,18,20). The molecular weight excluding hydrogens is 328 g/mol. The van der Waals surface area contributed by atoms with Gasteiger partial charge in [-0.1, -0.05) is 24.3 Å². The molecule has 0 saturated carbocycles. The minimum absolute atomic E-state index is 0.0635. The molecule has 0 radical (unpaired) electrons. The number of hydrogen-bond donors (Lipinski definition) is 2. The number of furan rings is 1. The van der Waals surface area contributed by atoms with Gasteiger partial charge in [-0.3, -0.25) is 4.79 Å². The molecule has 24 heavy (non-hydrogen) atoms. The Balaban J connectivity index is 1.93. The van der Waals surface area contributed by atoms with E-state index in [1.807, 2.05) is 12.1 Å². The van der Waals surface area contributed by atoms with Crippen molar-refractivity contribution in [3.05, 3.63) is 59.0 Å². The third kappa shape index (κ3) is 5.21. The van der Waals surface area contributed by atoms with Gasteiger partial charge in [-0.2, -0.15) is 0 Å². The first kappa shape index (κ1) is 18.2. The van der Waals surface area contributed by atoms with Crippen LogP contribution < -0.4 is 10.0 Å². The summed E-state index contributed by atoms with van der Waals surface area (Å²) in [6, 6.07) is 8.62. The zero-order valence-electron chi connectivity index (χ0n) is 14.0. The zero-order chi connectivity index (χ0) is 17.7. The number of carbonyl (C=O) groups excluding carboxylic acids is 1. The third-order valence-electron chi connectivity index (χ3n) is 3.35. The highest BCUT2D eigenvalue weighted by Gasteiger charge is 2.13. The average molecular weight is 350 g/mol. The van der Waals surface area contributed by atoms with Crippen LogP contribution in [0.5, 0.6) is 0 Å². The second kappa shape index (κ2) is 7.63. The maximum Gasteiger partial charge on any atom is 0.255 e. The quantitative estimate of drug-likeness (QED) is 0.802. The van der Waals surface area contributed by atoms with E-state index in [9.17, 15) is 13.2 Å². The van der Waals surface area contributed by atoms with Gasteiger partial charge in [-0.25, -0.2) is 13.1 Å². The maximum atomic E-state index is 12.0. The average Bonchev–Trinajstić information content (AvgIpc) is 2.90. The maximum absolute atomic E-state index is 12.0. The molecule has 1 aromatic carbocycles. The van der Waals surface area contributed by atoms with E-state index >= 15 is 0 Å². The molecule has 1 aromatic heterocycles. The first-order valence-electron chi connectivity index (χ1n) is 7.67. The Labute approximate surface area is 142 Å². The Morgan fingerprint density at radius 3 is 2.29 bits per heavy atom. The van der Waals surface area contributed by atoms with E-state index in [-0.39, 0.29) is 17.7 Å². The van der Waals surface area contributed by atoms with Crippen molar-refractivity contribution in [3.8, 4) is 0 Å². The molecule has 2 aromatic rings. The van der Waals surface area contributed by atoms with E-state index in [1.54, 1.807) is 39.0 Å². The highest BCUT2D eigenvalue weighted by Crippen LogP contribution is 2.10. The number of rotatable bonds is 7. The van der Waals surface area contributed by atoms with E-state index < -0.39 is 10.0 Å². The second-order valence-electron chi connectivity index (χ2n) is 5.92. The monoisotopic (exact) mass is 350 g/mol. The molecule has 2 rings (SSSR count). The van der Waals surface area contributed by atoms with Crippen LogP contribution in [0.1, 0.15) is 41.1 Å². The largest absolute Gasteiger partial charge is 0.469 e. The second-order valence-corrected chi connectivity index (χ2v) is 7.68. The number of amides is 1. The molecule has 0 unspecified atom stereocenters. The van der Waals surface area contributed by atoms with Crippen molar-refractivity contribution in [1.82, 2.24) is 10.0 Å². The van der Waals surface area contributed by atoms with Crippen LogP contribution >= 0.6 is 0 Å². The van der Waals surface area contributed by atoms with Crippen LogP contribution in [-0.2, 0) is 22.3 Å². The van der Waals surface area contributed by atoms with Gasteiger partial charge in [-0.15, -0.1) is 0 Å². The van der Waals surface area contributed by atoms with Crippen LogP contribution in [0.25, 0.3) is 0 Å². The Hall–Kier alpha value is -2.12. The Kier molecular flexibility index (Phi) is 5.80. The van der Waals surface area contributed by atoms with Gasteiger partial charge in [0.25, 0.3) is 5.91 Å². The molecule has 0 atom stereocenters. The smallest absolute Gasteiger partial charge is 0.255 e. The van der Waals surface area contributed by atoms with Gasteiger partial charge >= 0.3 is 0 Å². The summed E-state index contributed by atoms with van der Waals surface area (Å²) in [5, 5.41) is 2.81. The van der Waals surface area contributed by atoms with Crippen molar-refractivity contribution >= 4 is 15.9 Å². The van der Waals surface area contributed by atoms with Crippen molar-refractivity contribution in [1.29, 1.82) is 0 Å². The molecule has 0 spiro atoms. The van der Waals surface area contributed by atoms with Crippen LogP contribution in [0, 0.1) is 6.92 Å². The van der Waals surface area contributed by atoms with Crippen molar-refractivity contribution in [2.45, 2.75) is 39.1 Å². The normalized spacial score (nSPS) is 11.7. The Bertz CT molecular complexity index is 792. The first-order valence-corrected chi connectivity index (χ1v) is 9.32. The molecule has 7 heteroatoms. The van der Waals surface area contributed by atoms with E-state index in [0.717, 1.165) is 5.56 Å². The van der Waals surface area contributed by atoms with Gasteiger partial charge < -0.3 is 9.73 Å². The lowest BCUT2D eigenvalue weighted by molar-refractivity contribution is 0.0949. The highest BCUT2D eigenvalue weighted by molar-refractivity contribution is 7.88. The molecule has 1 amide bonds. The minimum Gasteiger partial charge on any atom is -0.469 e. The van der Waals surface area contributed by atoms with Crippen molar-refractivity contribution in [3.63, 3.8) is 0 Å². The summed E-state index contributed by atoms with van der Waals surface area (Å²) in [6.07, 6.45) is 1.48. The molecule has 0 fully saturated rings. The third-order valence-corrected chi connectivity index (χ3v) is 4.90. The molecule has 0 bridgehead atoms. The van der Waals surface area contributed by atoms with E-state index in [4.69, 9.17) is 4.42 Å². The molecule has 1 heterocycles. The van der Waals surface area contributed by atoms with Crippen LogP contribution in [0.4, 0.5) is 0 Å². The Morgan fingerprint density at radius 1 is 1.12 bits per heavy atom. The van der Waals surface area contributed by atoms with E-state index in [2.05, 4.69) is 10.0 Å². The Morgan fingerprint density at radius 2 is 1.75 bits per heavy atom. The molecule has 0 aliphatic carbocycles. The lowest BCUT2D eigenvalue weighted by Crippen LogP contribution is -2.31. The van der Waals surface area contributed by atoms with Gasteiger partial charge in [0.15, 0.2) is 0 Å². The summed E-state index contributed by atoms with van der Waals surface area (Å²) in [5.74, 6) is 0.311. The van der Waals surface area contributed by atoms with Gasteiger partial charge in [0, 0.05) is 12.6 Å². The number of benzene rings is 1. The van der Waals surface area contributed by atoms with Gasteiger partial charge in [0.2, 0.25) is 10.0 Å². The predicted molar refractivity (Wildman–Crippen MR) is 92.0 cm³/mol. The van der Waals surface area contributed by atoms with Crippen LogP contribution in [0.3, 0.4) is 0 Å². The summed E-state index contributed by atoms with van der Waals surface area (Å²) >= 11 is 0. The fourth-order valence-electron chi connectivity index (χ4n) is 2.27. The summed E-state index contributed by atoms with van der Waals surface area (Å²) in [5.41, 5.74) is 2.10. The van der Waals surface area contributed by atoms with Crippen molar-refractivity contribution in [2.75, 3.05) is 0 Å². The fraction of sp³-hybridized carbons (Fsp3) is 0.353. The number of aryl methyl sites for hydroxylation is 1. The van der Waals surface area contributed by atoms with Gasteiger partial charge in [0.1, 0.15) is 5.76 Å². The van der Waals surface area contributed by atoms with Gasteiger partial charge in [-0.05, 0) is 38.0 Å². The molecule has 130 valence electrons. The topological polar surface area (TPSA) is 88.4 Å². The summed E-state index contributed by atoms with van der Waals surface area (Å²) in [6.45, 7) is 5.66. The highest BCUT2D eigenvalue weighted by atomic mass is 32.2. The molecule has 0 aliphatic heterocycles. The molecule has 2 N–H and O–H groups in total. The van der Waals surface area contributed by atoms with E-state index in [0.29, 0.717) is 23.4 Å². The van der Waals surface area contributed by atoms with Gasteiger partial charge in [0.05, 0.1) is 17.6 Å². The summed E-state index contributed by atoms with van der Waals surface area (Å²) in [7, 11) is -3.34. The SMILES string of the molecule is Cc1occc1C(=O)NCc1ccc(CS(=O)(=O)NC(C)C)cc1. The number of nitrogens with one attached hydrogen (secondary N) is 2. The van der Waals surface area contributed by atoms with E-state index in [1.165, 1.54) is 6.26 Å². The first-order chi connectivity index (χ1) is 11.3. The van der Waals surface area contributed by atoms with Crippen LogP contribution in [0.2, 0.25) is 0 Å². The molecule has 0 aliphatic rings. The lowest BCUT2D eigenvalue weighted by atomic mass is 10.1.